The summed E-state index contributed by atoms with van der Waals surface area (Å²) in [5.41, 5.74) is 3.30. The lowest BCUT2D eigenvalue weighted by molar-refractivity contribution is 0.103. The maximum Gasteiger partial charge on any atom is 0.265 e. The van der Waals surface area contributed by atoms with Gasteiger partial charge in [0.2, 0.25) is 0 Å². The third-order valence-electron chi connectivity index (χ3n) is 4.58. The number of thiol groups is 1. The molecule has 1 heterocycles. The number of methoxy groups -OCH3 is 1. The Morgan fingerprint density at radius 2 is 1.82 bits per heavy atom. The molecule has 0 radical (unpaired) electrons. The lowest BCUT2D eigenvalue weighted by Gasteiger charge is -2.23. The third kappa shape index (κ3) is 3.91. The molecule has 0 aliphatic heterocycles. The summed E-state index contributed by atoms with van der Waals surface area (Å²) in [6, 6.07) is 11.8. The molecule has 0 saturated heterocycles. The van der Waals surface area contributed by atoms with Crippen LogP contribution in [-0.4, -0.2) is 20.1 Å². The van der Waals surface area contributed by atoms with Gasteiger partial charge in [-0.1, -0.05) is 39.7 Å². The number of thiophene rings is 1. The van der Waals surface area contributed by atoms with E-state index < -0.39 is 0 Å². The molecule has 0 fully saturated rings. The molecule has 5 nitrogen and oxygen atoms in total. The monoisotopic (exact) mass is 415 g/mol. The second-order valence-corrected chi connectivity index (χ2v) is 8.81. The van der Waals surface area contributed by atoms with Crippen LogP contribution in [0.1, 0.15) is 36.0 Å². The molecule has 3 aromatic rings. The quantitative estimate of drug-likeness (QED) is 0.400. The molecule has 0 spiro atoms. The van der Waals surface area contributed by atoms with Crippen molar-refractivity contribution in [1.82, 2.24) is 0 Å². The SMILES string of the molecule is CNc1cccc2sc(C(=O)Nc3cc(C(C)(C)C)cc(NS)c3OC)cc12. The van der Waals surface area contributed by atoms with Gasteiger partial charge < -0.3 is 20.1 Å². The first-order valence-electron chi connectivity index (χ1n) is 8.92. The lowest BCUT2D eigenvalue weighted by Crippen LogP contribution is -2.15. The number of hydrogen-bond donors (Lipinski definition) is 4. The zero-order valence-corrected chi connectivity index (χ0v) is 18.3. The van der Waals surface area contributed by atoms with Crippen molar-refractivity contribution in [3.05, 3.63) is 46.8 Å². The van der Waals surface area contributed by atoms with Crippen molar-refractivity contribution in [3.8, 4) is 5.75 Å². The fourth-order valence-corrected chi connectivity index (χ4v) is 4.18. The Hall–Kier alpha value is -2.38. The summed E-state index contributed by atoms with van der Waals surface area (Å²) in [6.07, 6.45) is 0. The number of nitrogens with one attached hydrogen (secondary N) is 3. The smallest absolute Gasteiger partial charge is 0.265 e. The van der Waals surface area contributed by atoms with E-state index in [2.05, 4.69) is 48.9 Å². The summed E-state index contributed by atoms with van der Waals surface area (Å²) in [6.45, 7) is 6.36. The molecule has 148 valence electrons. The van der Waals surface area contributed by atoms with Crippen LogP contribution in [0.25, 0.3) is 10.1 Å². The molecule has 1 aromatic heterocycles. The lowest BCUT2D eigenvalue weighted by atomic mass is 9.86. The maximum atomic E-state index is 13.0. The first-order valence-corrected chi connectivity index (χ1v) is 10.2. The van der Waals surface area contributed by atoms with Crippen molar-refractivity contribution >= 4 is 57.2 Å². The standard InChI is InChI=1S/C21H25N3O2S2/c1-21(2,3)12-9-15(19(26-5)16(10-12)24-27)23-20(25)18-11-13-14(22-4)7-6-8-17(13)28-18/h6-11,22,24,27H,1-5H3,(H,23,25). The molecular formula is C21H25N3O2S2. The first-order chi connectivity index (χ1) is 13.3. The average Bonchev–Trinajstić information content (AvgIpc) is 3.11. The van der Waals surface area contributed by atoms with Crippen molar-refractivity contribution in [3.63, 3.8) is 0 Å². The molecule has 0 unspecified atom stereocenters. The Labute approximate surface area is 175 Å². The van der Waals surface area contributed by atoms with Crippen LogP contribution in [0, 0.1) is 0 Å². The Morgan fingerprint density at radius 1 is 1.11 bits per heavy atom. The van der Waals surface area contributed by atoms with Gasteiger partial charge in [0.05, 0.1) is 23.4 Å². The zero-order valence-electron chi connectivity index (χ0n) is 16.6. The van der Waals surface area contributed by atoms with Crippen molar-refractivity contribution in [2.75, 3.05) is 29.5 Å². The number of rotatable bonds is 5. The summed E-state index contributed by atoms with van der Waals surface area (Å²) in [5.74, 6) is 0.381. The fraction of sp³-hybridized carbons (Fsp3) is 0.286. The summed E-state index contributed by atoms with van der Waals surface area (Å²) >= 11 is 5.66. The van der Waals surface area contributed by atoms with Gasteiger partial charge in [0.15, 0.2) is 5.75 Å². The minimum Gasteiger partial charge on any atom is -0.492 e. The topological polar surface area (TPSA) is 62.4 Å². The van der Waals surface area contributed by atoms with E-state index >= 15 is 0 Å². The second kappa shape index (κ2) is 7.93. The Kier molecular flexibility index (Phi) is 5.76. The highest BCUT2D eigenvalue weighted by atomic mass is 32.1. The van der Waals surface area contributed by atoms with Crippen LogP contribution in [0.3, 0.4) is 0 Å². The first kappa shape index (κ1) is 20.4. The molecule has 2 aromatic carbocycles. The molecule has 1 amide bonds. The van der Waals surface area contributed by atoms with Crippen LogP contribution in [0.15, 0.2) is 36.4 Å². The third-order valence-corrected chi connectivity index (χ3v) is 5.92. The van der Waals surface area contributed by atoms with E-state index in [1.54, 1.807) is 7.11 Å². The van der Waals surface area contributed by atoms with Gasteiger partial charge >= 0.3 is 0 Å². The van der Waals surface area contributed by atoms with Gasteiger partial charge in [0, 0.05) is 22.8 Å². The second-order valence-electron chi connectivity index (χ2n) is 7.50. The van der Waals surface area contributed by atoms with Gasteiger partial charge in [0.1, 0.15) is 0 Å². The summed E-state index contributed by atoms with van der Waals surface area (Å²) in [4.78, 5) is 13.6. The van der Waals surface area contributed by atoms with Crippen LogP contribution in [0.2, 0.25) is 0 Å². The van der Waals surface area contributed by atoms with E-state index in [-0.39, 0.29) is 11.3 Å². The van der Waals surface area contributed by atoms with Crippen LogP contribution >= 0.6 is 24.2 Å². The number of ether oxygens (including phenoxy) is 1. The van der Waals surface area contributed by atoms with Gasteiger partial charge in [-0.05, 0) is 41.3 Å². The zero-order chi connectivity index (χ0) is 20.5. The maximum absolute atomic E-state index is 13.0. The van der Waals surface area contributed by atoms with E-state index in [9.17, 15) is 4.79 Å². The van der Waals surface area contributed by atoms with Crippen LogP contribution in [-0.2, 0) is 5.41 Å². The highest BCUT2D eigenvalue weighted by Gasteiger charge is 2.21. The molecule has 3 rings (SSSR count). The minimum atomic E-state index is -0.169. The molecule has 0 aliphatic carbocycles. The minimum absolute atomic E-state index is 0.0928. The van der Waals surface area contributed by atoms with Gasteiger partial charge in [-0.15, -0.1) is 11.3 Å². The number of carbonyl (C=O) groups excluding carboxylic acids is 1. The fourth-order valence-electron chi connectivity index (χ4n) is 3.03. The number of amides is 1. The number of hydrogen-bond acceptors (Lipinski definition) is 6. The van der Waals surface area contributed by atoms with E-state index in [4.69, 9.17) is 4.74 Å². The molecule has 0 aliphatic rings. The Bertz CT molecular complexity index is 1020. The van der Waals surface area contributed by atoms with E-state index in [1.807, 2.05) is 43.4 Å². The number of carbonyl (C=O) groups is 1. The van der Waals surface area contributed by atoms with Crippen molar-refractivity contribution in [1.29, 1.82) is 0 Å². The largest absolute Gasteiger partial charge is 0.492 e. The predicted octanol–water partition coefficient (Wildman–Crippen LogP) is 5.76. The van der Waals surface area contributed by atoms with Gasteiger partial charge in [-0.25, -0.2) is 0 Å². The molecule has 0 atom stereocenters. The summed E-state index contributed by atoms with van der Waals surface area (Å²) < 4.78 is 9.46. The van der Waals surface area contributed by atoms with Crippen LogP contribution < -0.4 is 20.1 Å². The van der Waals surface area contributed by atoms with Gasteiger partial charge in [-0.2, -0.15) is 0 Å². The average molecular weight is 416 g/mol. The van der Waals surface area contributed by atoms with Gasteiger partial charge in [-0.3, -0.25) is 4.79 Å². The van der Waals surface area contributed by atoms with Gasteiger partial charge in [0.25, 0.3) is 5.91 Å². The van der Waals surface area contributed by atoms with Crippen LogP contribution in [0.4, 0.5) is 17.1 Å². The van der Waals surface area contributed by atoms with Crippen molar-refractivity contribution in [2.24, 2.45) is 0 Å². The summed E-state index contributed by atoms with van der Waals surface area (Å²) in [7, 11) is 3.45. The molecule has 0 saturated carbocycles. The number of benzene rings is 2. The number of anilines is 3. The number of fused-ring (bicyclic) bond motifs is 1. The highest BCUT2D eigenvalue weighted by molar-refractivity contribution is 7.81. The molecule has 28 heavy (non-hydrogen) atoms. The predicted molar refractivity (Wildman–Crippen MR) is 124 cm³/mol. The van der Waals surface area contributed by atoms with E-state index in [1.165, 1.54) is 11.3 Å². The summed E-state index contributed by atoms with van der Waals surface area (Å²) in [5, 5.41) is 7.22. The van der Waals surface area contributed by atoms with Crippen molar-refractivity contribution in [2.45, 2.75) is 26.2 Å². The Balaban J connectivity index is 2.02. The van der Waals surface area contributed by atoms with E-state index in [0.29, 0.717) is 22.0 Å². The van der Waals surface area contributed by atoms with Crippen molar-refractivity contribution < 1.29 is 9.53 Å². The highest BCUT2D eigenvalue weighted by Crippen LogP contribution is 2.39. The normalized spacial score (nSPS) is 11.4. The molecule has 3 N–H and O–H groups in total. The molecule has 7 heteroatoms. The van der Waals surface area contributed by atoms with E-state index in [0.717, 1.165) is 21.3 Å². The molecular weight excluding hydrogens is 390 g/mol. The Morgan fingerprint density at radius 3 is 2.43 bits per heavy atom. The molecule has 0 bridgehead atoms. The van der Waals surface area contributed by atoms with Crippen LogP contribution in [0.5, 0.6) is 5.75 Å².